The standard InChI is InChI=1S/C14H21N3O2S/c1-8-4-12(13(14(15)20)10(3)16-8)17-5-11(6-18)19-7-9(17)2/h4,9,11,18H,5-7H2,1-3H3,(H2,15,20). The lowest BCUT2D eigenvalue weighted by Gasteiger charge is -2.40. The second-order valence-electron chi connectivity index (χ2n) is 5.25. The predicted molar refractivity (Wildman–Crippen MR) is 83.2 cm³/mol. The highest BCUT2D eigenvalue weighted by Gasteiger charge is 2.28. The number of hydrogen-bond donors (Lipinski definition) is 2. The first kappa shape index (κ1) is 15.2. The number of ether oxygens (including phenoxy) is 1. The number of rotatable bonds is 3. The molecule has 0 aromatic carbocycles. The van der Waals surface area contributed by atoms with Gasteiger partial charge < -0.3 is 20.5 Å². The lowest BCUT2D eigenvalue weighted by molar-refractivity contribution is -0.0103. The number of nitrogens with zero attached hydrogens (tertiary/aromatic N) is 2. The Labute approximate surface area is 124 Å². The van der Waals surface area contributed by atoms with E-state index in [9.17, 15) is 5.11 Å². The van der Waals surface area contributed by atoms with E-state index in [0.29, 0.717) is 18.1 Å². The SMILES string of the molecule is Cc1cc(N2CC(CO)OCC2C)c(C(N)=S)c(C)n1. The van der Waals surface area contributed by atoms with Gasteiger partial charge in [-0.25, -0.2) is 0 Å². The van der Waals surface area contributed by atoms with E-state index >= 15 is 0 Å². The topological polar surface area (TPSA) is 71.6 Å². The summed E-state index contributed by atoms with van der Waals surface area (Å²) in [5.41, 5.74) is 9.43. The molecule has 3 N–H and O–H groups in total. The molecule has 2 rings (SSSR count). The van der Waals surface area contributed by atoms with Gasteiger partial charge in [-0.1, -0.05) is 12.2 Å². The molecule has 2 atom stereocenters. The smallest absolute Gasteiger partial charge is 0.107 e. The Hall–Kier alpha value is -1.24. The van der Waals surface area contributed by atoms with Crippen LogP contribution >= 0.6 is 12.2 Å². The molecule has 0 spiro atoms. The third-order valence-corrected chi connectivity index (χ3v) is 3.78. The molecule has 2 heterocycles. The Morgan fingerprint density at radius 2 is 2.30 bits per heavy atom. The number of anilines is 1. The van der Waals surface area contributed by atoms with Crippen LogP contribution in [0, 0.1) is 13.8 Å². The van der Waals surface area contributed by atoms with E-state index in [1.807, 2.05) is 19.9 Å². The summed E-state index contributed by atoms with van der Waals surface area (Å²) >= 11 is 5.18. The number of hydrogen-bond acceptors (Lipinski definition) is 5. The van der Waals surface area contributed by atoms with Gasteiger partial charge in [-0.2, -0.15) is 0 Å². The zero-order chi connectivity index (χ0) is 14.9. The number of aliphatic hydroxyl groups excluding tert-OH is 1. The van der Waals surface area contributed by atoms with E-state index in [2.05, 4.69) is 16.8 Å². The summed E-state index contributed by atoms with van der Waals surface area (Å²) in [7, 11) is 0. The molecule has 1 aromatic heterocycles. The second kappa shape index (κ2) is 6.03. The van der Waals surface area contributed by atoms with Gasteiger partial charge in [0.25, 0.3) is 0 Å². The van der Waals surface area contributed by atoms with Crippen LogP contribution in [-0.4, -0.2) is 47.0 Å². The quantitative estimate of drug-likeness (QED) is 0.808. The zero-order valence-corrected chi connectivity index (χ0v) is 12.9. The monoisotopic (exact) mass is 295 g/mol. The molecule has 20 heavy (non-hydrogen) atoms. The van der Waals surface area contributed by atoms with Crippen LogP contribution in [-0.2, 0) is 4.74 Å². The van der Waals surface area contributed by atoms with Crippen LogP contribution in [0.15, 0.2) is 6.07 Å². The van der Waals surface area contributed by atoms with Crippen LogP contribution < -0.4 is 10.6 Å². The predicted octanol–water partition coefficient (Wildman–Crippen LogP) is 0.919. The molecule has 2 unspecified atom stereocenters. The lowest BCUT2D eigenvalue weighted by atomic mass is 10.1. The fraction of sp³-hybridized carbons (Fsp3) is 0.571. The molecule has 1 saturated heterocycles. The highest BCUT2D eigenvalue weighted by Crippen LogP contribution is 2.28. The normalized spacial score (nSPS) is 22.9. The summed E-state index contributed by atoms with van der Waals surface area (Å²) in [5, 5.41) is 9.32. The molecular weight excluding hydrogens is 274 g/mol. The Morgan fingerprint density at radius 3 is 2.90 bits per heavy atom. The van der Waals surface area contributed by atoms with Crippen molar-refractivity contribution in [3.8, 4) is 0 Å². The number of morpholine rings is 1. The van der Waals surface area contributed by atoms with E-state index in [-0.39, 0.29) is 18.8 Å². The lowest BCUT2D eigenvalue weighted by Crippen LogP contribution is -2.50. The third-order valence-electron chi connectivity index (χ3n) is 3.57. The molecule has 5 nitrogen and oxygen atoms in total. The van der Waals surface area contributed by atoms with Crippen molar-refractivity contribution in [1.82, 2.24) is 4.98 Å². The average molecular weight is 295 g/mol. The molecule has 0 amide bonds. The van der Waals surface area contributed by atoms with Gasteiger partial charge in [0, 0.05) is 24.0 Å². The van der Waals surface area contributed by atoms with Crippen LogP contribution in [0.25, 0.3) is 0 Å². The molecular formula is C14H21N3O2S. The molecule has 6 heteroatoms. The van der Waals surface area contributed by atoms with Gasteiger partial charge in [-0.05, 0) is 26.8 Å². The summed E-state index contributed by atoms with van der Waals surface area (Å²) in [6, 6.07) is 2.20. The number of aryl methyl sites for hydroxylation is 2. The van der Waals surface area contributed by atoms with Crippen LogP contribution in [0.1, 0.15) is 23.9 Å². The van der Waals surface area contributed by atoms with Gasteiger partial charge in [0.1, 0.15) is 4.99 Å². The molecule has 1 aromatic rings. The largest absolute Gasteiger partial charge is 0.394 e. The Morgan fingerprint density at radius 1 is 1.60 bits per heavy atom. The summed E-state index contributed by atoms with van der Waals surface area (Å²) in [6.45, 7) is 7.16. The molecule has 110 valence electrons. The highest BCUT2D eigenvalue weighted by molar-refractivity contribution is 7.80. The maximum atomic E-state index is 9.32. The summed E-state index contributed by atoms with van der Waals surface area (Å²) < 4.78 is 5.58. The molecule has 1 aliphatic heterocycles. The summed E-state index contributed by atoms with van der Waals surface area (Å²) in [5.74, 6) is 0. The molecule has 1 aliphatic rings. The molecule has 0 saturated carbocycles. The molecule has 1 fully saturated rings. The van der Waals surface area contributed by atoms with Crippen molar-refractivity contribution in [2.24, 2.45) is 5.73 Å². The van der Waals surface area contributed by atoms with Gasteiger partial charge in [0.15, 0.2) is 0 Å². The van der Waals surface area contributed by atoms with Gasteiger partial charge in [-0.15, -0.1) is 0 Å². The van der Waals surface area contributed by atoms with Crippen molar-refractivity contribution in [1.29, 1.82) is 0 Å². The van der Waals surface area contributed by atoms with Gasteiger partial charge in [0.2, 0.25) is 0 Å². The van der Waals surface area contributed by atoms with Crippen LogP contribution in [0.2, 0.25) is 0 Å². The molecule has 0 bridgehead atoms. The van der Waals surface area contributed by atoms with Gasteiger partial charge >= 0.3 is 0 Å². The molecule has 0 radical (unpaired) electrons. The number of pyridine rings is 1. The minimum atomic E-state index is -0.181. The first-order chi connectivity index (χ1) is 9.43. The Bertz CT molecular complexity index is 521. The van der Waals surface area contributed by atoms with Crippen molar-refractivity contribution >= 4 is 22.9 Å². The van der Waals surface area contributed by atoms with Crippen molar-refractivity contribution in [3.63, 3.8) is 0 Å². The fourth-order valence-corrected chi connectivity index (χ4v) is 2.85. The Balaban J connectivity index is 2.47. The van der Waals surface area contributed by atoms with Crippen molar-refractivity contribution < 1.29 is 9.84 Å². The van der Waals surface area contributed by atoms with Crippen LogP contribution in [0.4, 0.5) is 5.69 Å². The van der Waals surface area contributed by atoms with E-state index in [1.54, 1.807) is 0 Å². The van der Waals surface area contributed by atoms with Crippen LogP contribution in [0.5, 0.6) is 0 Å². The number of aliphatic hydroxyl groups is 1. The summed E-state index contributed by atoms with van der Waals surface area (Å²) in [6.07, 6.45) is -0.181. The van der Waals surface area contributed by atoms with Crippen molar-refractivity contribution in [2.45, 2.75) is 32.9 Å². The first-order valence-corrected chi connectivity index (χ1v) is 7.12. The number of thiocarbonyl (C=S) groups is 1. The maximum absolute atomic E-state index is 9.32. The molecule has 0 aliphatic carbocycles. The van der Waals surface area contributed by atoms with Crippen molar-refractivity contribution in [3.05, 3.63) is 23.0 Å². The minimum absolute atomic E-state index is 0.00860. The van der Waals surface area contributed by atoms with Crippen LogP contribution in [0.3, 0.4) is 0 Å². The average Bonchev–Trinajstić information content (AvgIpc) is 2.37. The summed E-state index contributed by atoms with van der Waals surface area (Å²) in [4.78, 5) is 6.99. The van der Waals surface area contributed by atoms with E-state index in [1.165, 1.54) is 0 Å². The van der Waals surface area contributed by atoms with Gasteiger partial charge in [-0.3, -0.25) is 4.98 Å². The highest BCUT2D eigenvalue weighted by atomic mass is 32.1. The van der Waals surface area contributed by atoms with E-state index in [4.69, 9.17) is 22.7 Å². The van der Waals surface area contributed by atoms with E-state index < -0.39 is 0 Å². The number of nitrogens with two attached hydrogens (primary N) is 1. The zero-order valence-electron chi connectivity index (χ0n) is 12.1. The Kier molecular flexibility index (Phi) is 4.57. The second-order valence-corrected chi connectivity index (χ2v) is 5.69. The fourth-order valence-electron chi connectivity index (χ4n) is 2.60. The first-order valence-electron chi connectivity index (χ1n) is 6.71. The number of aromatic nitrogens is 1. The third kappa shape index (κ3) is 2.92. The van der Waals surface area contributed by atoms with Crippen molar-refractivity contribution in [2.75, 3.05) is 24.7 Å². The minimum Gasteiger partial charge on any atom is -0.394 e. The van der Waals surface area contributed by atoms with E-state index in [0.717, 1.165) is 22.6 Å². The van der Waals surface area contributed by atoms with Gasteiger partial charge in [0.05, 0.1) is 30.6 Å². The maximum Gasteiger partial charge on any atom is 0.107 e.